The molecule has 0 amide bonds. The first kappa shape index (κ1) is 8.56. The number of thioether (sulfide) groups is 1. The number of imidazole rings is 1. The third-order valence-electron chi connectivity index (χ3n) is 1.68. The van der Waals surface area contributed by atoms with Crippen LogP contribution >= 0.6 is 11.8 Å². The van der Waals surface area contributed by atoms with Crippen molar-refractivity contribution in [3.63, 3.8) is 0 Å². The van der Waals surface area contributed by atoms with Gasteiger partial charge in [0.15, 0.2) is 10.8 Å². The van der Waals surface area contributed by atoms with Crippen LogP contribution in [0.15, 0.2) is 23.5 Å². The molecule has 68 valence electrons. The first-order valence-electron chi connectivity index (χ1n) is 4.33. The first-order chi connectivity index (χ1) is 6.40. The second-order valence-electron chi connectivity index (χ2n) is 2.76. The summed E-state index contributed by atoms with van der Waals surface area (Å²) in [5, 5.41) is 0.968. The predicted molar refractivity (Wildman–Crippen MR) is 54.9 cm³/mol. The highest BCUT2D eigenvalue weighted by atomic mass is 32.2. The third kappa shape index (κ3) is 1.83. The number of nitrogens with one attached hydrogen (secondary N) is 1. The molecule has 1 N–H and O–H groups in total. The normalized spacial score (nSPS) is 10.8. The van der Waals surface area contributed by atoms with Crippen LogP contribution in [0.1, 0.15) is 13.3 Å². The molecule has 0 aromatic carbocycles. The highest BCUT2D eigenvalue weighted by Gasteiger charge is 2.01. The lowest BCUT2D eigenvalue weighted by Gasteiger charge is -1.90. The summed E-state index contributed by atoms with van der Waals surface area (Å²) in [6.45, 7) is 2.16. The lowest BCUT2D eigenvalue weighted by Crippen LogP contribution is -1.77. The summed E-state index contributed by atoms with van der Waals surface area (Å²) in [5.41, 5.74) is 1.82. The fourth-order valence-electron chi connectivity index (χ4n) is 1.09. The number of aromatic amines is 1. The standard InChI is InChI=1S/C9H11N3S/c1-2-6-13-9-11-7-4-3-5-10-8(7)12-9/h3-5H,2,6H2,1H3,(H,10,11,12). The van der Waals surface area contributed by atoms with Gasteiger partial charge < -0.3 is 4.98 Å². The predicted octanol–water partition coefficient (Wildman–Crippen LogP) is 2.46. The van der Waals surface area contributed by atoms with E-state index in [0.29, 0.717) is 0 Å². The van der Waals surface area contributed by atoms with Crippen LogP contribution in [0, 0.1) is 0 Å². The second-order valence-corrected chi connectivity index (χ2v) is 3.85. The Bertz CT molecular complexity index is 363. The summed E-state index contributed by atoms with van der Waals surface area (Å²) in [7, 11) is 0. The molecule has 0 aliphatic carbocycles. The highest BCUT2D eigenvalue weighted by molar-refractivity contribution is 7.99. The molecule has 0 atom stereocenters. The van der Waals surface area contributed by atoms with E-state index in [9.17, 15) is 0 Å². The molecule has 0 fully saturated rings. The molecule has 0 bridgehead atoms. The Hall–Kier alpha value is -1.03. The first-order valence-corrected chi connectivity index (χ1v) is 5.32. The van der Waals surface area contributed by atoms with Gasteiger partial charge in [-0.05, 0) is 18.6 Å². The summed E-state index contributed by atoms with van der Waals surface area (Å²) in [6, 6.07) is 3.90. The summed E-state index contributed by atoms with van der Waals surface area (Å²) < 4.78 is 0. The number of hydrogen-bond acceptors (Lipinski definition) is 3. The van der Waals surface area contributed by atoms with E-state index < -0.39 is 0 Å². The van der Waals surface area contributed by atoms with Crippen molar-refractivity contribution in [1.29, 1.82) is 0 Å². The average Bonchev–Trinajstić information content (AvgIpc) is 2.57. The monoisotopic (exact) mass is 193 g/mol. The van der Waals surface area contributed by atoms with Crippen molar-refractivity contribution in [3.8, 4) is 0 Å². The highest BCUT2D eigenvalue weighted by Crippen LogP contribution is 2.17. The lowest BCUT2D eigenvalue weighted by atomic mass is 10.4. The van der Waals surface area contributed by atoms with Gasteiger partial charge in [-0.3, -0.25) is 0 Å². The number of pyridine rings is 1. The Kier molecular flexibility index (Phi) is 2.49. The number of aromatic nitrogens is 3. The number of fused-ring (bicyclic) bond motifs is 1. The SMILES string of the molecule is CCCSc1nc2ncccc2[nH]1. The van der Waals surface area contributed by atoms with E-state index in [0.717, 1.165) is 28.5 Å². The molecule has 0 saturated heterocycles. The van der Waals surface area contributed by atoms with Gasteiger partial charge >= 0.3 is 0 Å². The van der Waals surface area contributed by atoms with Gasteiger partial charge in [0, 0.05) is 11.9 Å². The van der Waals surface area contributed by atoms with Gasteiger partial charge in [-0.25, -0.2) is 9.97 Å². The Morgan fingerprint density at radius 3 is 3.23 bits per heavy atom. The Labute approximate surface area is 81.0 Å². The number of hydrogen-bond donors (Lipinski definition) is 1. The molecule has 2 rings (SSSR count). The van der Waals surface area contributed by atoms with E-state index in [4.69, 9.17) is 0 Å². The molecule has 0 spiro atoms. The van der Waals surface area contributed by atoms with Crippen molar-refractivity contribution in [2.75, 3.05) is 5.75 Å². The summed E-state index contributed by atoms with van der Waals surface area (Å²) in [6.07, 6.45) is 2.92. The smallest absolute Gasteiger partial charge is 0.178 e. The fourth-order valence-corrected chi connectivity index (χ4v) is 1.82. The molecule has 0 radical (unpaired) electrons. The van der Waals surface area contributed by atoms with E-state index >= 15 is 0 Å². The maximum absolute atomic E-state index is 4.35. The molecule has 0 aliphatic rings. The number of rotatable bonds is 3. The molecule has 13 heavy (non-hydrogen) atoms. The maximum atomic E-state index is 4.35. The van der Waals surface area contributed by atoms with Crippen LogP contribution in [-0.4, -0.2) is 20.7 Å². The van der Waals surface area contributed by atoms with Gasteiger partial charge in [-0.2, -0.15) is 0 Å². The van der Waals surface area contributed by atoms with Crippen LogP contribution in [0.5, 0.6) is 0 Å². The minimum absolute atomic E-state index is 0.807. The van der Waals surface area contributed by atoms with Crippen molar-refractivity contribution >= 4 is 22.9 Å². The van der Waals surface area contributed by atoms with Gasteiger partial charge in [0.2, 0.25) is 0 Å². The van der Waals surface area contributed by atoms with Gasteiger partial charge in [0.05, 0.1) is 5.52 Å². The minimum atomic E-state index is 0.807. The van der Waals surface area contributed by atoms with E-state index in [1.807, 2.05) is 12.1 Å². The fraction of sp³-hybridized carbons (Fsp3) is 0.333. The van der Waals surface area contributed by atoms with Gasteiger partial charge in [0.1, 0.15) is 0 Å². The van der Waals surface area contributed by atoms with Crippen molar-refractivity contribution in [3.05, 3.63) is 18.3 Å². The molecule has 3 nitrogen and oxygen atoms in total. The van der Waals surface area contributed by atoms with Crippen molar-refractivity contribution < 1.29 is 0 Å². The van der Waals surface area contributed by atoms with E-state index in [-0.39, 0.29) is 0 Å². The molecule has 2 heterocycles. The van der Waals surface area contributed by atoms with Crippen LogP contribution in [0.25, 0.3) is 11.2 Å². The Balaban J connectivity index is 2.28. The molecular weight excluding hydrogens is 182 g/mol. The zero-order chi connectivity index (χ0) is 9.10. The third-order valence-corrected chi connectivity index (χ3v) is 2.76. The zero-order valence-corrected chi connectivity index (χ0v) is 8.27. The van der Waals surface area contributed by atoms with Gasteiger partial charge in [-0.1, -0.05) is 18.7 Å². The van der Waals surface area contributed by atoms with E-state index in [2.05, 4.69) is 21.9 Å². The van der Waals surface area contributed by atoms with Crippen LogP contribution < -0.4 is 0 Å². The summed E-state index contributed by atoms with van der Waals surface area (Å²) >= 11 is 1.74. The molecule has 0 aliphatic heterocycles. The number of nitrogens with zero attached hydrogens (tertiary/aromatic N) is 2. The van der Waals surface area contributed by atoms with Crippen LogP contribution in [0.4, 0.5) is 0 Å². The van der Waals surface area contributed by atoms with Crippen LogP contribution in [0.2, 0.25) is 0 Å². The topological polar surface area (TPSA) is 41.6 Å². The molecule has 4 heteroatoms. The van der Waals surface area contributed by atoms with Crippen molar-refractivity contribution in [1.82, 2.24) is 15.0 Å². The van der Waals surface area contributed by atoms with Crippen LogP contribution in [-0.2, 0) is 0 Å². The molecular formula is C9H11N3S. The molecule has 2 aromatic rings. The average molecular weight is 193 g/mol. The zero-order valence-electron chi connectivity index (χ0n) is 7.45. The summed E-state index contributed by atoms with van der Waals surface area (Å²) in [4.78, 5) is 11.7. The van der Waals surface area contributed by atoms with Gasteiger partial charge in [-0.15, -0.1) is 0 Å². The minimum Gasteiger partial charge on any atom is -0.332 e. The largest absolute Gasteiger partial charge is 0.332 e. The second kappa shape index (κ2) is 3.79. The van der Waals surface area contributed by atoms with Crippen molar-refractivity contribution in [2.24, 2.45) is 0 Å². The van der Waals surface area contributed by atoms with Crippen molar-refractivity contribution in [2.45, 2.75) is 18.5 Å². The van der Waals surface area contributed by atoms with E-state index in [1.54, 1.807) is 18.0 Å². The quantitative estimate of drug-likeness (QED) is 0.761. The number of H-pyrrole nitrogens is 1. The van der Waals surface area contributed by atoms with E-state index in [1.165, 1.54) is 0 Å². The van der Waals surface area contributed by atoms with Gasteiger partial charge in [0.25, 0.3) is 0 Å². The maximum Gasteiger partial charge on any atom is 0.178 e. The Morgan fingerprint density at radius 1 is 1.54 bits per heavy atom. The Morgan fingerprint density at radius 2 is 2.46 bits per heavy atom. The molecule has 0 saturated carbocycles. The molecule has 2 aromatic heterocycles. The summed E-state index contributed by atoms with van der Waals surface area (Å²) in [5.74, 6) is 1.10. The van der Waals surface area contributed by atoms with Crippen LogP contribution in [0.3, 0.4) is 0 Å². The molecule has 0 unspecified atom stereocenters. The lowest BCUT2D eigenvalue weighted by molar-refractivity contribution is 1.05.